The van der Waals surface area contributed by atoms with Crippen LogP contribution in [0.15, 0.2) is 18.2 Å². The van der Waals surface area contributed by atoms with E-state index in [1.54, 1.807) is 25.1 Å². The van der Waals surface area contributed by atoms with Gasteiger partial charge in [0.1, 0.15) is 11.3 Å². The second-order valence-corrected chi connectivity index (χ2v) is 3.88. The number of nitrogens with one attached hydrogen (secondary N) is 1. The summed E-state index contributed by atoms with van der Waals surface area (Å²) in [6.07, 6.45) is -0.465. The molecule has 1 heterocycles. The summed E-state index contributed by atoms with van der Waals surface area (Å²) in [6.45, 7) is 1.69. The van der Waals surface area contributed by atoms with E-state index in [2.05, 4.69) is 5.32 Å². The van der Waals surface area contributed by atoms with E-state index in [-0.39, 0.29) is 5.91 Å². The van der Waals surface area contributed by atoms with Crippen LogP contribution in [0, 0.1) is 0 Å². The Kier molecular flexibility index (Phi) is 2.54. The molecule has 1 aromatic rings. The average molecular weight is 227 g/mol. The first-order chi connectivity index (χ1) is 7.08. The molecule has 0 bridgehead atoms. The third-order valence-corrected chi connectivity index (χ3v) is 2.50. The van der Waals surface area contributed by atoms with E-state index in [0.717, 1.165) is 5.56 Å². The van der Waals surface area contributed by atoms with Gasteiger partial charge in [-0.3, -0.25) is 4.79 Å². The molecular formula is C10H11ClN2O2. The molecule has 1 aliphatic rings. The van der Waals surface area contributed by atoms with Gasteiger partial charge in [0.15, 0.2) is 6.10 Å². The van der Waals surface area contributed by atoms with Crippen molar-refractivity contribution in [1.82, 2.24) is 0 Å². The van der Waals surface area contributed by atoms with Gasteiger partial charge in [0.05, 0.1) is 5.69 Å². The fourth-order valence-electron chi connectivity index (χ4n) is 1.40. The van der Waals surface area contributed by atoms with Crippen LogP contribution in [0.4, 0.5) is 5.69 Å². The maximum absolute atomic E-state index is 11.3. The van der Waals surface area contributed by atoms with Crippen molar-refractivity contribution in [2.75, 3.05) is 5.32 Å². The second-order valence-electron chi connectivity index (χ2n) is 3.41. The number of anilines is 1. The standard InChI is InChI=1S/C10H11ClN2O2/c1-5-10(14)13-7-4-6(9(11)12)2-3-8(7)15-5/h2-5,9H,12H2,1H3,(H,13,14). The van der Waals surface area contributed by atoms with Crippen LogP contribution in [-0.4, -0.2) is 12.0 Å². The molecule has 15 heavy (non-hydrogen) atoms. The predicted octanol–water partition coefficient (Wildman–Crippen LogP) is 1.60. The lowest BCUT2D eigenvalue weighted by atomic mass is 10.1. The molecule has 0 aromatic heterocycles. The highest BCUT2D eigenvalue weighted by molar-refractivity contribution is 6.20. The van der Waals surface area contributed by atoms with Crippen LogP contribution >= 0.6 is 11.6 Å². The summed E-state index contributed by atoms with van der Waals surface area (Å²) < 4.78 is 5.38. The Balaban J connectivity index is 2.37. The minimum atomic E-state index is -0.577. The van der Waals surface area contributed by atoms with Gasteiger partial charge in [-0.15, -0.1) is 11.6 Å². The molecule has 2 atom stereocenters. The van der Waals surface area contributed by atoms with Crippen LogP contribution in [0.1, 0.15) is 18.0 Å². The molecule has 2 unspecified atom stereocenters. The Morgan fingerprint density at radius 1 is 1.60 bits per heavy atom. The Morgan fingerprint density at radius 3 is 3.00 bits per heavy atom. The topological polar surface area (TPSA) is 64.3 Å². The number of carbonyl (C=O) groups is 1. The summed E-state index contributed by atoms with van der Waals surface area (Å²) in [5.41, 5.74) is 6.31. The maximum Gasteiger partial charge on any atom is 0.265 e. The fraction of sp³-hybridized carbons (Fsp3) is 0.300. The summed E-state index contributed by atoms with van der Waals surface area (Å²) in [4.78, 5) is 11.3. The van der Waals surface area contributed by atoms with Crippen molar-refractivity contribution < 1.29 is 9.53 Å². The number of hydrogen-bond donors (Lipinski definition) is 2. The lowest BCUT2D eigenvalue weighted by molar-refractivity contribution is -0.122. The van der Waals surface area contributed by atoms with Gasteiger partial charge in [-0.05, 0) is 24.6 Å². The lowest BCUT2D eigenvalue weighted by Crippen LogP contribution is -2.34. The number of carbonyl (C=O) groups excluding carboxylic acids is 1. The molecule has 0 saturated heterocycles. The Morgan fingerprint density at radius 2 is 2.33 bits per heavy atom. The first-order valence-electron chi connectivity index (χ1n) is 4.59. The van der Waals surface area contributed by atoms with E-state index >= 15 is 0 Å². The number of rotatable bonds is 1. The van der Waals surface area contributed by atoms with Crippen LogP contribution in [0.3, 0.4) is 0 Å². The van der Waals surface area contributed by atoms with E-state index in [0.29, 0.717) is 11.4 Å². The minimum absolute atomic E-state index is 0.164. The van der Waals surface area contributed by atoms with E-state index in [1.165, 1.54) is 0 Å². The van der Waals surface area contributed by atoms with Gasteiger partial charge < -0.3 is 15.8 Å². The zero-order chi connectivity index (χ0) is 11.0. The number of amides is 1. The quantitative estimate of drug-likeness (QED) is 0.565. The van der Waals surface area contributed by atoms with Crippen molar-refractivity contribution in [1.29, 1.82) is 0 Å². The number of fused-ring (bicyclic) bond motifs is 1. The zero-order valence-electron chi connectivity index (χ0n) is 8.16. The minimum Gasteiger partial charge on any atom is -0.479 e. The molecule has 5 heteroatoms. The number of nitrogens with two attached hydrogens (primary N) is 1. The molecule has 0 radical (unpaired) electrons. The van der Waals surface area contributed by atoms with Crippen molar-refractivity contribution >= 4 is 23.2 Å². The largest absolute Gasteiger partial charge is 0.479 e. The van der Waals surface area contributed by atoms with E-state index in [9.17, 15) is 4.79 Å². The molecule has 0 spiro atoms. The molecular weight excluding hydrogens is 216 g/mol. The SMILES string of the molecule is CC1Oc2ccc(C(N)Cl)cc2NC1=O. The Bertz CT molecular complexity index is 406. The van der Waals surface area contributed by atoms with Crippen molar-refractivity contribution in [3.05, 3.63) is 23.8 Å². The first kappa shape index (κ1) is 10.3. The molecule has 80 valence electrons. The Labute approximate surface area is 92.4 Å². The predicted molar refractivity (Wildman–Crippen MR) is 57.9 cm³/mol. The fourth-order valence-corrected chi connectivity index (χ4v) is 1.53. The van der Waals surface area contributed by atoms with Gasteiger partial charge in [0, 0.05) is 0 Å². The van der Waals surface area contributed by atoms with Crippen LogP contribution < -0.4 is 15.8 Å². The number of ether oxygens (including phenoxy) is 1. The number of hydrogen-bond acceptors (Lipinski definition) is 3. The summed E-state index contributed by atoms with van der Waals surface area (Å²) in [6, 6.07) is 5.25. The summed E-state index contributed by atoms with van der Waals surface area (Å²) in [5, 5.41) is 2.73. The number of benzene rings is 1. The summed E-state index contributed by atoms with van der Waals surface area (Å²) >= 11 is 5.73. The van der Waals surface area contributed by atoms with Crippen LogP contribution in [0.2, 0.25) is 0 Å². The van der Waals surface area contributed by atoms with Crippen molar-refractivity contribution in [2.45, 2.75) is 18.5 Å². The van der Waals surface area contributed by atoms with E-state index in [1.807, 2.05) is 0 Å². The molecule has 4 nitrogen and oxygen atoms in total. The summed E-state index contributed by atoms with van der Waals surface area (Å²) in [5.74, 6) is 0.478. The molecule has 0 saturated carbocycles. The normalized spacial score (nSPS) is 21.3. The highest BCUT2D eigenvalue weighted by Crippen LogP contribution is 2.32. The molecule has 1 aliphatic heterocycles. The van der Waals surface area contributed by atoms with Crippen molar-refractivity contribution in [2.24, 2.45) is 5.73 Å². The monoisotopic (exact) mass is 226 g/mol. The molecule has 2 rings (SSSR count). The van der Waals surface area contributed by atoms with Gasteiger partial charge in [0.25, 0.3) is 5.91 Å². The van der Waals surface area contributed by atoms with Gasteiger partial charge in [0.2, 0.25) is 0 Å². The van der Waals surface area contributed by atoms with Gasteiger partial charge >= 0.3 is 0 Å². The highest BCUT2D eigenvalue weighted by Gasteiger charge is 2.23. The second kappa shape index (κ2) is 3.72. The average Bonchev–Trinajstić information content (AvgIpc) is 2.19. The van der Waals surface area contributed by atoms with E-state index < -0.39 is 11.6 Å². The zero-order valence-corrected chi connectivity index (χ0v) is 8.91. The van der Waals surface area contributed by atoms with Gasteiger partial charge in [-0.1, -0.05) is 6.07 Å². The highest BCUT2D eigenvalue weighted by atomic mass is 35.5. The van der Waals surface area contributed by atoms with Crippen molar-refractivity contribution in [3.63, 3.8) is 0 Å². The van der Waals surface area contributed by atoms with E-state index in [4.69, 9.17) is 22.1 Å². The Hall–Kier alpha value is -1.26. The lowest BCUT2D eigenvalue weighted by Gasteiger charge is -2.23. The number of alkyl halides is 1. The van der Waals surface area contributed by atoms with Crippen molar-refractivity contribution in [3.8, 4) is 5.75 Å². The van der Waals surface area contributed by atoms with Crippen LogP contribution in [-0.2, 0) is 4.79 Å². The van der Waals surface area contributed by atoms with Gasteiger partial charge in [-0.25, -0.2) is 0 Å². The molecule has 0 aliphatic carbocycles. The van der Waals surface area contributed by atoms with Gasteiger partial charge in [-0.2, -0.15) is 0 Å². The molecule has 1 aromatic carbocycles. The number of halogens is 1. The third-order valence-electron chi connectivity index (χ3n) is 2.25. The smallest absolute Gasteiger partial charge is 0.265 e. The maximum atomic E-state index is 11.3. The summed E-state index contributed by atoms with van der Waals surface area (Å²) in [7, 11) is 0. The first-order valence-corrected chi connectivity index (χ1v) is 5.02. The molecule has 0 fully saturated rings. The van der Waals surface area contributed by atoms with Crippen LogP contribution in [0.5, 0.6) is 5.75 Å². The van der Waals surface area contributed by atoms with Crippen LogP contribution in [0.25, 0.3) is 0 Å². The third kappa shape index (κ3) is 1.91. The molecule has 1 amide bonds. The molecule has 3 N–H and O–H groups in total.